The minimum Gasteiger partial charge on any atom is -0.289 e. The molecule has 108 valence electrons. The van der Waals surface area contributed by atoms with Crippen LogP contribution in [0.25, 0.3) is 9.40 Å². The van der Waals surface area contributed by atoms with Crippen molar-refractivity contribution in [3.05, 3.63) is 66.5 Å². The highest BCUT2D eigenvalue weighted by atomic mass is 32.2. The Balaban J connectivity index is 2.21. The molecule has 0 fully saturated rings. The van der Waals surface area contributed by atoms with Crippen LogP contribution in [-0.2, 0) is 0 Å². The molecule has 1 heterocycles. The van der Waals surface area contributed by atoms with E-state index in [0.29, 0.717) is 22.3 Å². The Bertz CT molecular complexity index is 973. The summed E-state index contributed by atoms with van der Waals surface area (Å²) < 4.78 is 1.64. The van der Waals surface area contributed by atoms with Gasteiger partial charge in [0, 0.05) is 22.3 Å². The molecule has 0 atom stereocenters. The van der Waals surface area contributed by atoms with E-state index in [0.717, 1.165) is 43.2 Å². The van der Waals surface area contributed by atoms with Gasteiger partial charge in [-0.3, -0.25) is 14.4 Å². The fourth-order valence-electron chi connectivity index (χ4n) is 3.09. The Labute approximate surface area is 133 Å². The first-order valence-corrected chi connectivity index (χ1v) is 8.39. The number of carbonyl (C=O) groups is 2. The Morgan fingerprint density at radius 3 is 1.55 bits per heavy atom. The number of rotatable bonds is 0. The minimum absolute atomic E-state index is 0.0130. The Kier molecular flexibility index (Phi) is 2.74. The van der Waals surface area contributed by atoms with Crippen molar-refractivity contribution in [1.29, 1.82) is 0 Å². The predicted molar refractivity (Wildman–Crippen MR) is 88.8 cm³/mol. The van der Waals surface area contributed by atoms with Crippen LogP contribution in [0.2, 0.25) is 0 Å². The smallest absolute Gasteiger partial charge is 0.288 e. The maximum Gasteiger partial charge on any atom is 0.288 e. The van der Waals surface area contributed by atoms with Crippen LogP contribution in [-0.4, -0.2) is 11.6 Å². The first-order valence-electron chi connectivity index (χ1n) is 6.76. The van der Waals surface area contributed by atoms with Crippen molar-refractivity contribution in [3.63, 3.8) is 0 Å². The molecule has 0 aliphatic heterocycles. The zero-order valence-corrected chi connectivity index (χ0v) is 13.5. The fourth-order valence-corrected chi connectivity index (χ4v) is 5.34. The summed E-state index contributed by atoms with van der Waals surface area (Å²) in [5, 5.41) is 0. The molecule has 0 spiro atoms. The highest BCUT2D eigenvalue weighted by Gasteiger charge is 2.34. The number of carbonyl (C=O) groups excluding carboxylic acids is 2. The van der Waals surface area contributed by atoms with Crippen LogP contribution >= 0.6 is 22.7 Å². The molecule has 0 bridgehead atoms. The highest BCUT2D eigenvalue weighted by molar-refractivity contribution is 7.35. The van der Waals surface area contributed by atoms with E-state index < -0.39 is 0 Å². The van der Waals surface area contributed by atoms with Gasteiger partial charge in [-0.1, -0.05) is 46.9 Å². The number of aryl methyl sites for hydroxylation is 2. The van der Waals surface area contributed by atoms with Crippen molar-refractivity contribution in [3.8, 4) is 0 Å². The summed E-state index contributed by atoms with van der Waals surface area (Å²) in [6.45, 7) is 3.64. The molecule has 3 nitrogen and oxygen atoms in total. The van der Waals surface area contributed by atoms with Crippen LogP contribution in [0.5, 0.6) is 0 Å². The van der Waals surface area contributed by atoms with Crippen LogP contribution < -0.4 is 4.06 Å². The van der Waals surface area contributed by atoms with E-state index >= 15 is 0 Å². The third-order valence-electron chi connectivity index (χ3n) is 4.13. The molecule has 22 heavy (non-hydrogen) atoms. The summed E-state index contributed by atoms with van der Waals surface area (Å²) >= 11 is 2.30. The molecule has 0 N–H and O–H groups in total. The quantitative estimate of drug-likeness (QED) is 0.495. The largest absolute Gasteiger partial charge is 0.289 e. The summed E-state index contributed by atoms with van der Waals surface area (Å²) in [5.41, 5.74) is 3.30. The zero-order valence-electron chi connectivity index (χ0n) is 11.9. The molecule has 2 aromatic carbocycles. The maximum absolute atomic E-state index is 12.9. The second-order valence-corrected chi connectivity index (χ2v) is 7.54. The van der Waals surface area contributed by atoms with Crippen LogP contribution in [0.1, 0.15) is 43.0 Å². The van der Waals surface area contributed by atoms with Gasteiger partial charge < -0.3 is 0 Å². The molecule has 4 rings (SSSR count). The van der Waals surface area contributed by atoms with Gasteiger partial charge in [0.25, 0.3) is 4.06 Å². The molecule has 1 aliphatic carbocycles. The third-order valence-corrected chi connectivity index (χ3v) is 6.52. The van der Waals surface area contributed by atoms with Gasteiger partial charge in [0.15, 0.2) is 11.6 Å². The van der Waals surface area contributed by atoms with Crippen LogP contribution in [0.4, 0.5) is 0 Å². The van der Waals surface area contributed by atoms with Crippen LogP contribution in [0, 0.1) is 13.8 Å². The second kappa shape index (κ2) is 4.44. The number of hydrogen-bond donors (Lipinski definition) is 0. The molecule has 5 heteroatoms. The lowest BCUT2D eigenvalue weighted by Crippen LogP contribution is -2.23. The Morgan fingerprint density at radius 1 is 0.727 bits per heavy atom. The Morgan fingerprint density at radius 2 is 1.14 bits per heavy atom. The summed E-state index contributed by atoms with van der Waals surface area (Å²) in [5.74, 6) is -0.253. The summed E-state index contributed by atoms with van der Waals surface area (Å²) in [6.07, 6.45) is 0. The molecule has 0 radical (unpaired) electrons. The van der Waals surface area contributed by atoms with E-state index in [1.165, 1.54) is 0 Å². The fraction of sp³-hybridized carbons (Fsp3) is 0.118. The third kappa shape index (κ3) is 1.58. The van der Waals surface area contributed by atoms with Gasteiger partial charge in [0.05, 0.1) is 9.40 Å². The van der Waals surface area contributed by atoms with Gasteiger partial charge in [-0.25, -0.2) is 0 Å². The molecular weight excluding hydrogens is 316 g/mol. The van der Waals surface area contributed by atoms with Gasteiger partial charge in [-0.15, -0.1) is 0 Å². The lowest BCUT2D eigenvalue weighted by Gasteiger charge is -2.21. The normalized spacial score (nSPS) is 13.4. The number of hydrogen-bond acceptors (Lipinski definition) is 5. The average Bonchev–Trinajstić information content (AvgIpc) is 2.91. The number of ketones is 2. The van der Waals surface area contributed by atoms with Crippen molar-refractivity contribution >= 4 is 43.6 Å². The monoisotopic (exact) mass is 326 g/mol. The van der Waals surface area contributed by atoms with Crippen molar-refractivity contribution in [1.82, 2.24) is 0 Å². The standard InChI is InChI=1S/C17H10O3S2/c1-7-11-12(8(2)16-15(7)21-17(20)22-16)14(19)10-6-4-3-5-9(10)13(11)18/h3-6H,1-2H3. The van der Waals surface area contributed by atoms with Crippen molar-refractivity contribution in [2.75, 3.05) is 0 Å². The molecule has 3 aromatic rings. The van der Waals surface area contributed by atoms with Crippen molar-refractivity contribution in [2.45, 2.75) is 13.8 Å². The van der Waals surface area contributed by atoms with E-state index in [9.17, 15) is 14.4 Å². The maximum atomic E-state index is 12.9. The summed E-state index contributed by atoms with van der Waals surface area (Å²) in [7, 11) is 0. The van der Waals surface area contributed by atoms with E-state index in [2.05, 4.69) is 0 Å². The van der Waals surface area contributed by atoms with Gasteiger partial charge in [-0.2, -0.15) is 0 Å². The van der Waals surface area contributed by atoms with E-state index in [4.69, 9.17) is 0 Å². The van der Waals surface area contributed by atoms with Gasteiger partial charge >= 0.3 is 0 Å². The zero-order chi connectivity index (χ0) is 15.6. The number of benzene rings is 2. The summed E-state index contributed by atoms with van der Waals surface area (Å²) in [4.78, 5) is 37.5. The lowest BCUT2D eigenvalue weighted by atomic mass is 9.80. The second-order valence-electron chi connectivity index (χ2n) is 5.32. The summed E-state index contributed by atoms with van der Waals surface area (Å²) in [6, 6.07) is 6.90. The van der Waals surface area contributed by atoms with Gasteiger partial charge in [0.2, 0.25) is 0 Å². The van der Waals surface area contributed by atoms with Crippen molar-refractivity contribution in [2.24, 2.45) is 0 Å². The van der Waals surface area contributed by atoms with E-state index in [-0.39, 0.29) is 15.6 Å². The van der Waals surface area contributed by atoms with Gasteiger partial charge in [0.1, 0.15) is 0 Å². The lowest BCUT2D eigenvalue weighted by molar-refractivity contribution is 0.0978. The molecule has 0 amide bonds. The minimum atomic E-state index is -0.126. The molecular formula is C17H10O3S2. The molecule has 0 unspecified atom stereocenters. The van der Waals surface area contributed by atoms with E-state index in [1.54, 1.807) is 24.3 Å². The van der Waals surface area contributed by atoms with Crippen LogP contribution in [0.15, 0.2) is 29.1 Å². The Hall–Kier alpha value is -2.11. The highest BCUT2D eigenvalue weighted by Crippen LogP contribution is 2.39. The average molecular weight is 326 g/mol. The van der Waals surface area contributed by atoms with E-state index in [1.807, 2.05) is 13.8 Å². The topological polar surface area (TPSA) is 51.2 Å². The first-order chi connectivity index (χ1) is 10.5. The molecule has 0 saturated carbocycles. The SMILES string of the molecule is Cc1c2c(c(C)c3sc(=O)sc13)C(=O)c1ccccc1C2=O. The predicted octanol–water partition coefficient (Wildman–Crippen LogP) is 3.72. The first kappa shape index (κ1) is 13.5. The molecule has 0 saturated heterocycles. The molecule has 1 aromatic heterocycles. The van der Waals surface area contributed by atoms with Crippen LogP contribution in [0.3, 0.4) is 0 Å². The van der Waals surface area contributed by atoms with Gasteiger partial charge in [-0.05, 0) is 25.0 Å². The van der Waals surface area contributed by atoms with Crippen molar-refractivity contribution < 1.29 is 9.59 Å². The number of fused-ring (bicyclic) bond motifs is 3. The molecule has 1 aliphatic rings.